The van der Waals surface area contributed by atoms with Gasteiger partial charge in [-0.3, -0.25) is 21.0 Å². The van der Waals surface area contributed by atoms with E-state index in [0.29, 0.717) is 23.2 Å². The predicted molar refractivity (Wildman–Crippen MR) is 116 cm³/mol. The normalized spacial score (nSPS) is 21.8. The average molecular weight is 408 g/mol. The molecule has 0 spiro atoms. The zero-order valence-electron chi connectivity index (χ0n) is 17.7. The highest BCUT2D eigenvalue weighted by atomic mass is 16.1. The third-order valence-electron chi connectivity index (χ3n) is 5.97. The highest BCUT2D eigenvalue weighted by Crippen LogP contribution is 2.38. The smallest absolute Gasteiger partial charge is 0.274 e. The molecule has 3 heterocycles. The van der Waals surface area contributed by atoms with Crippen LogP contribution in [-0.2, 0) is 0 Å². The van der Waals surface area contributed by atoms with Gasteiger partial charge in [0, 0.05) is 24.0 Å². The molecule has 8 heteroatoms. The summed E-state index contributed by atoms with van der Waals surface area (Å²) in [6.45, 7) is 6.41. The summed E-state index contributed by atoms with van der Waals surface area (Å²) >= 11 is 0. The van der Waals surface area contributed by atoms with Crippen LogP contribution in [0.5, 0.6) is 0 Å². The first-order chi connectivity index (χ1) is 14.5. The van der Waals surface area contributed by atoms with Gasteiger partial charge in [0.1, 0.15) is 5.69 Å². The standard InChI is InChI=1S/C22H29N7O/c1-13(2)18-11-25-29-7-5-19(26-21(18)29)22(30)27-20-12-24-6-4-17(20)15-8-14(3)9-16(10-15)28-23/h4-7,11-16,28H,8-10,23H2,1-3H3,(H,27,30)/t14-,15+,16-/m0/s1. The van der Waals surface area contributed by atoms with E-state index in [2.05, 4.69) is 46.6 Å². The van der Waals surface area contributed by atoms with Gasteiger partial charge in [0.2, 0.25) is 0 Å². The number of pyridine rings is 1. The number of fused-ring (bicyclic) bond motifs is 1. The van der Waals surface area contributed by atoms with E-state index in [4.69, 9.17) is 5.84 Å². The quantitative estimate of drug-likeness (QED) is 0.442. The highest BCUT2D eigenvalue weighted by molar-refractivity contribution is 6.03. The molecule has 0 saturated heterocycles. The molecule has 158 valence electrons. The number of rotatable bonds is 5. The number of nitrogens with zero attached hydrogens (tertiary/aromatic N) is 4. The number of carbonyl (C=O) groups excluding carboxylic acids is 1. The van der Waals surface area contributed by atoms with Crippen molar-refractivity contribution in [1.82, 2.24) is 25.0 Å². The number of nitrogens with one attached hydrogen (secondary N) is 2. The Morgan fingerprint density at radius 3 is 2.83 bits per heavy atom. The SMILES string of the molecule is CC(C)c1cnn2ccc(C(=O)Nc3cnccc3[C@@H]3C[C@H](C)C[C@H](NN)C3)nc12. The molecule has 1 fully saturated rings. The maximum atomic E-state index is 13.0. The second-order valence-corrected chi connectivity index (χ2v) is 8.63. The third-order valence-corrected chi connectivity index (χ3v) is 5.97. The van der Waals surface area contributed by atoms with Crippen molar-refractivity contribution in [2.24, 2.45) is 11.8 Å². The summed E-state index contributed by atoms with van der Waals surface area (Å²) in [4.78, 5) is 21.8. The van der Waals surface area contributed by atoms with Crippen molar-refractivity contribution in [2.45, 2.75) is 57.9 Å². The van der Waals surface area contributed by atoms with Gasteiger partial charge in [0.05, 0.1) is 18.1 Å². The van der Waals surface area contributed by atoms with E-state index in [9.17, 15) is 4.79 Å². The third kappa shape index (κ3) is 4.06. The molecular weight excluding hydrogens is 378 g/mol. The number of hydrogen-bond donors (Lipinski definition) is 3. The molecule has 30 heavy (non-hydrogen) atoms. The van der Waals surface area contributed by atoms with E-state index in [-0.39, 0.29) is 17.9 Å². The second-order valence-electron chi connectivity index (χ2n) is 8.63. The van der Waals surface area contributed by atoms with Crippen LogP contribution in [-0.4, -0.2) is 31.5 Å². The topological polar surface area (TPSA) is 110 Å². The summed E-state index contributed by atoms with van der Waals surface area (Å²) in [5.41, 5.74) is 6.84. The molecule has 4 rings (SSSR count). The zero-order chi connectivity index (χ0) is 21.3. The maximum absolute atomic E-state index is 13.0. The molecule has 3 atom stereocenters. The molecule has 1 saturated carbocycles. The minimum atomic E-state index is -0.250. The number of amides is 1. The lowest BCUT2D eigenvalue weighted by Gasteiger charge is -2.34. The Hall–Kier alpha value is -2.84. The van der Waals surface area contributed by atoms with Crippen LogP contribution in [0.1, 0.15) is 73.5 Å². The summed E-state index contributed by atoms with van der Waals surface area (Å²) in [5.74, 6) is 6.62. The van der Waals surface area contributed by atoms with Gasteiger partial charge in [-0.25, -0.2) is 9.50 Å². The Bertz CT molecular complexity index is 1040. The van der Waals surface area contributed by atoms with Crippen molar-refractivity contribution < 1.29 is 4.79 Å². The van der Waals surface area contributed by atoms with Crippen LogP contribution >= 0.6 is 0 Å². The second kappa shape index (κ2) is 8.49. The minimum absolute atomic E-state index is 0.250. The largest absolute Gasteiger partial charge is 0.319 e. The van der Waals surface area contributed by atoms with Crippen LogP contribution in [0.3, 0.4) is 0 Å². The molecule has 0 radical (unpaired) electrons. The number of nitrogens with two attached hydrogens (primary N) is 1. The molecule has 1 aliphatic rings. The van der Waals surface area contributed by atoms with Gasteiger partial charge in [-0.2, -0.15) is 5.10 Å². The lowest BCUT2D eigenvalue weighted by molar-refractivity contribution is 0.102. The molecular formula is C22H29N7O. The number of hydrogen-bond acceptors (Lipinski definition) is 6. The zero-order valence-corrected chi connectivity index (χ0v) is 17.7. The Morgan fingerprint density at radius 1 is 1.23 bits per heavy atom. The Balaban J connectivity index is 1.60. The van der Waals surface area contributed by atoms with Gasteiger partial charge in [-0.1, -0.05) is 20.8 Å². The Kier molecular flexibility index (Phi) is 5.78. The molecule has 0 unspecified atom stereocenters. The van der Waals surface area contributed by atoms with Crippen LogP contribution < -0.4 is 16.6 Å². The van der Waals surface area contributed by atoms with Crippen molar-refractivity contribution in [3.63, 3.8) is 0 Å². The van der Waals surface area contributed by atoms with E-state index < -0.39 is 0 Å². The van der Waals surface area contributed by atoms with Crippen LogP contribution in [0.2, 0.25) is 0 Å². The molecule has 8 nitrogen and oxygen atoms in total. The summed E-state index contributed by atoms with van der Waals surface area (Å²) in [5, 5.41) is 7.35. The van der Waals surface area contributed by atoms with Crippen molar-refractivity contribution >= 4 is 17.2 Å². The van der Waals surface area contributed by atoms with E-state index >= 15 is 0 Å². The fourth-order valence-electron chi connectivity index (χ4n) is 4.47. The van der Waals surface area contributed by atoms with Crippen LogP contribution in [0.25, 0.3) is 5.65 Å². The van der Waals surface area contributed by atoms with E-state index in [1.54, 1.807) is 35.4 Å². The molecule has 4 N–H and O–H groups in total. The van der Waals surface area contributed by atoms with Gasteiger partial charge in [-0.15, -0.1) is 0 Å². The first-order valence-corrected chi connectivity index (χ1v) is 10.5. The highest BCUT2D eigenvalue weighted by Gasteiger charge is 2.29. The number of carbonyl (C=O) groups is 1. The summed E-state index contributed by atoms with van der Waals surface area (Å²) in [7, 11) is 0. The molecule has 0 bridgehead atoms. The number of hydrazine groups is 1. The molecule has 0 aliphatic heterocycles. The minimum Gasteiger partial charge on any atom is -0.319 e. The molecule has 1 aliphatic carbocycles. The van der Waals surface area contributed by atoms with E-state index in [1.807, 2.05) is 6.07 Å². The van der Waals surface area contributed by atoms with Gasteiger partial charge < -0.3 is 5.32 Å². The monoisotopic (exact) mass is 407 g/mol. The van der Waals surface area contributed by atoms with Crippen LogP contribution in [0.4, 0.5) is 5.69 Å². The molecule has 0 aromatic carbocycles. The van der Waals surface area contributed by atoms with Gasteiger partial charge in [-0.05, 0) is 54.7 Å². The van der Waals surface area contributed by atoms with Gasteiger partial charge >= 0.3 is 0 Å². The van der Waals surface area contributed by atoms with Gasteiger partial charge in [0.25, 0.3) is 5.91 Å². The summed E-state index contributed by atoms with van der Waals surface area (Å²) < 4.78 is 1.70. The molecule has 1 amide bonds. The lowest BCUT2D eigenvalue weighted by atomic mass is 9.76. The first kappa shape index (κ1) is 20.4. The lowest BCUT2D eigenvalue weighted by Crippen LogP contribution is -2.40. The van der Waals surface area contributed by atoms with Crippen molar-refractivity contribution in [2.75, 3.05) is 5.32 Å². The average Bonchev–Trinajstić information content (AvgIpc) is 3.17. The van der Waals surface area contributed by atoms with Crippen molar-refractivity contribution in [3.8, 4) is 0 Å². The fourth-order valence-corrected chi connectivity index (χ4v) is 4.47. The molecule has 3 aromatic rings. The molecule has 3 aromatic heterocycles. The maximum Gasteiger partial charge on any atom is 0.274 e. The van der Waals surface area contributed by atoms with Crippen molar-refractivity contribution in [3.05, 3.63) is 53.7 Å². The van der Waals surface area contributed by atoms with Crippen molar-refractivity contribution in [1.29, 1.82) is 0 Å². The van der Waals surface area contributed by atoms with E-state index in [0.717, 1.165) is 36.1 Å². The Labute approximate surface area is 176 Å². The van der Waals surface area contributed by atoms with E-state index in [1.165, 1.54) is 0 Å². The number of aromatic nitrogens is 4. The van der Waals surface area contributed by atoms with Crippen LogP contribution in [0, 0.1) is 5.92 Å². The predicted octanol–water partition coefficient (Wildman–Crippen LogP) is 3.24. The van der Waals surface area contributed by atoms with Crippen LogP contribution in [0.15, 0.2) is 36.9 Å². The van der Waals surface area contributed by atoms with Gasteiger partial charge in [0.15, 0.2) is 5.65 Å². The fraction of sp³-hybridized carbons (Fsp3) is 0.455. The summed E-state index contributed by atoms with van der Waals surface area (Å²) in [6, 6.07) is 3.96. The first-order valence-electron chi connectivity index (χ1n) is 10.5. The number of anilines is 1. The Morgan fingerprint density at radius 2 is 2.07 bits per heavy atom. The summed E-state index contributed by atoms with van der Waals surface area (Å²) in [6.07, 6.45) is 10.1.